The van der Waals surface area contributed by atoms with Crippen molar-refractivity contribution in [1.29, 1.82) is 0 Å². The molecule has 1 aromatic carbocycles. The van der Waals surface area contributed by atoms with Gasteiger partial charge in [-0.05, 0) is 38.3 Å². The molecule has 8 nitrogen and oxygen atoms in total. The van der Waals surface area contributed by atoms with Gasteiger partial charge in [-0.1, -0.05) is 6.07 Å². The van der Waals surface area contributed by atoms with E-state index in [4.69, 9.17) is 14.5 Å². The second-order valence-electron chi connectivity index (χ2n) is 8.05. The number of piperidine rings is 1. The highest BCUT2D eigenvalue weighted by atomic mass is 16.5. The van der Waals surface area contributed by atoms with Crippen LogP contribution >= 0.6 is 0 Å². The Kier molecular flexibility index (Phi) is 6.74. The van der Waals surface area contributed by atoms with Gasteiger partial charge in [-0.15, -0.1) is 0 Å². The van der Waals surface area contributed by atoms with Gasteiger partial charge in [0.2, 0.25) is 5.95 Å². The molecule has 1 amide bonds. The third-order valence-corrected chi connectivity index (χ3v) is 5.83. The molecule has 2 aliphatic rings. The second-order valence-corrected chi connectivity index (χ2v) is 8.05. The Morgan fingerprint density at radius 3 is 2.42 bits per heavy atom. The predicted octanol–water partition coefficient (Wildman–Crippen LogP) is 2.51. The van der Waals surface area contributed by atoms with Gasteiger partial charge in [0.15, 0.2) is 6.61 Å². The highest BCUT2D eigenvalue weighted by molar-refractivity contribution is 5.78. The van der Waals surface area contributed by atoms with Gasteiger partial charge in [0, 0.05) is 57.1 Å². The van der Waals surface area contributed by atoms with Gasteiger partial charge in [-0.3, -0.25) is 4.79 Å². The number of methoxy groups -OCH3 is 1. The molecule has 1 aromatic heterocycles. The molecule has 8 heteroatoms. The molecule has 0 radical (unpaired) electrons. The van der Waals surface area contributed by atoms with Crippen LogP contribution in [0.5, 0.6) is 11.5 Å². The topological polar surface area (TPSA) is 71.0 Å². The molecule has 2 fully saturated rings. The van der Waals surface area contributed by atoms with E-state index in [1.165, 1.54) is 19.3 Å². The number of ether oxygens (including phenoxy) is 2. The Morgan fingerprint density at radius 1 is 0.935 bits per heavy atom. The van der Waals surface area contributed by atoms with Crippen LogP contribution in [0.25, 0.3) is 0 Å². The molecular weight excluding hydrogens is 394 g/mol. The number of piperazine rings is 1. The number of nitrogens with zero attached hydrogens (tertiary/aromatic N) is 5. The number of hydrogen-bond acceptors (Lipinski definition) is 7. The van der Waals surface area contributed by atoms with Crippen LogP contribution in [0.15, 0.2) is 30.3 Å². The maximum Gasteiger partial charge on any atom is 0.260 e. The molecular formula is C23H31N5O3. The molecule has 3 heterocycles. The molecule has 2 saturated heterocycles. The third-order valence-electron chi connectivity index (χ3n) is 5.83. The summed E-state index contributed by atoms with van der Waals surface area (Å²) in [6.45, 7) is 6.91. The molecule has 0 N–H and O–H groups in total. The molecule has 0 aliphatic carbocycles. The van der Waals surface area contributed by atoms with Crippen molar-refractivity contribution in [1.82, 2.24) is 14.9 Å². The molecule has 0 unspecified atom stereocenters. The van der Waals surface area contributed by atoms with Crippen molar-refractivity contribution in [3.63, 3.8) is 0 Å². The number of hydrogen-bond donors (Lipinski definition) is 0. The minimum absolute atomic E-state index is 0.00431. The van der Waals surface area contributed by atoms with Crippen molar-refractivity contribution in [2.45, 2.75) is 26.2 Å². The van der Waals surface area contributed by atoms with E-state index < -0.39 is 0 Å². The number of carbonyl (C=O) groups excluding carboxylic acids is 1. The summed E-state index contributed by atoms with van der Waals surface area (Å²) in [6, 6.07) is 9.34. The van der Waals surface area contributed by atoms with E-state index in [0.29, 0.717) is 24.6 Å². The summed E-state index contributed by atoms with van der Waals surface area (Å²) >= 11 is 0. The first-order valence-electron chi connectivity index (χ1n) is 11.0. The first-order chi connectivity index (χ1) is 15.1. The van der Waals surface area contributed by atoms with Gasteiger partial charge in [0.1, 0.15) is 17.3 Å². The molecule has 4 rings (SSSR count). The third kappa shape index (κ3) is 5.37. The molecule has 0 atom stereocenters. The molecule has 0 saturated carbocycles. The van der Waals surface area contributed by atoms with Crippen molar-refractivity contribution >= 4 is 17.7 Å². The second kappa shape index (κ2) is 9.85. The fourth-order valence-electron chi connectivity index (χ4n) is 4.05. The fourth-order valence-corrected chi connectivity index (χ4v) is 4.05. The summed E-state index contributed by atoms with van der Waals surface area (Å²) < 4.78 is 10.9. The quantitative estimate of drug-likeness (QED) is 0.704. The Hall–Kier alpha value is -3.03. The van der Waals surface area contributed by atoms with Crippen molar-refractivity contribution in [2.24, 2.45) is 0 Å². The summed E-state index contributed by atoms with van der Waals surface area (Å²) in [5.41, 5.74) is 0.982. The smallest absolute Gasteiger partial charge is 0.260 e. The Bertz CT molecular complexity index is 893. The van der Waals surface area contributed by atoms with Crippen molar-refractivity contribution < 1.29 is 14.3 Å². The normalized spacial score (nSPS) is 16.9. The Morgan fingerprint density at radius 2 is 1.68 bits per heavy atom. The van der Waals surface area contributed by atoms with E-state index >= 15 is 0 Å². The van der Waals surface area contributed by atoms with Gasteiger partial charge in [-0.2, -0.15) is 4.98 Å². The molecule has 0 bridgehead atoms. The van der Waals surface area contributed by atoms with E-state index in [1.54, 1.807) is 13.2 Å². The zero-order valence-corrected chi connectivity index (χ0v) is 18.4. The maximum absolute atomic E-state index is 12.6. The van der Waals surface area contributed by atoms with Gasteiger partial charge in [-0.25, -0.2) is 4.98 Å². The Balaban J connectivity index is 1.32. The lowest BCUT2D eigenvalue weighted by molar-refractivity contribution is -0.133. The summed E-state index contributed by atoms with van der Waals surface area (Å²) in [6.07, 6.45) is 3.68. The van der Waals surface area contributed by atoms with E-state index in [1.807, 2.05) is 36.1 Å². The van der Waals surface area contributed by atoms with Crippen LogP contribution in [0, 0.1) is 6.92 Å². The van der Waals surface area contributed by atoms with E-state index in [9.17, 15) is 4.79 Å². The summed E-state index contributed by atoms with van der Waals surface area (Å²) in [4.78, 5) is 28.5. The highest BCUT2D eigenvalue weighted by Gasteiger charge is 2.24. The number of amides is 1. The van der Waals surface area contributed by atoms with Crippen LogP contribution in [0.4, 0.5) is 11.8 Å². The lowest BCUT2D eigenvalue weighted by atomic mass is 10.1. The number of aromatic nitrogens is 2. The van der Waals surface area contributed by atoms with Crippen LogP contribution in [0.1, 0.15) is 25.0 Å². The SMILES string of the molecule is COc1cccc(OCC(=O)N2CCN(c3cc(C)nc(N4CCCCC4)n3)CC2)c1. The number of rotatable bonds is 6. The number of aryl methyl sites for hydroxylation is 1. The van der Waals surface area contributed by atoms with E-state index in [2.05, 4.69) is 14.8 Å². The highest BCUT2D eigenvalue weighted by Crippen LogP contribution is 2.22. The zero-order chi connectivity index (χ0) is 21.6. The lowest BCUT2D eigenvalue weighted by Crippen LogP contribution is -2.50. The molecule has 166 valence electrons. The van der Waals surface area contributed by atoms with Crippen LogP contribution in [0.3, 0.4) is 0 Å². The number of benzene rings is 1. The van der Waals surface area contributed by atoms with Crippen LogP contribution in [-0.4, -0.2) is 73.8 Å². The minimum atomic E-state index is -0.00431. The van der Waals surface area contributed by atoms with Gasteiger partial charge < -0.3 is 24.2 Å². The number of carbonyl (C=O) groups is 1. The lowest BCUT2D eigenvalue weighted by Gasteiger charge is -2.36. The fraction of sp³-hybridized carbons (Fsp3) is 0.522. The summed E-state index contributed by atoms with van der Waals surface area (Å²) in [7, 11) is 1.61. The average molecular weight is 426 g/mol. The van der Waals surface area contributed by atoms with Crippen molar-refractivity contribution in [3.05, 3.63) is 36.0 Å². The van der Waals surface area contributed by atoms with Crippen LogP contribution in [-0.2, 0) is 4.79 Å². The van der Waals surface area contributed by atoms with Crippen LogP contribution in [0.2, 0.25) is 0 Å². The minimum Gasteiger partial charge on any atom is -0.497 e. The van der Waals surface area contributed by atoms with Gasteiger partial charge in [0.05, 0.1) is 7.11 Å². The summed E-state index contributed by atoms with van der Waals surface area (Å²) in [5.74, 6) is 3.12. The summed E-state index contributed by atoms with van der Waals surface area (Å²) in [5, 5.41) is 0. The van der Waals surface area contributed by atoms with E-state index in [0.717, 1.165) is 43.6 Å². The maximum atomic E-state index is 12.6. The van der Waals surface area contributed by atoms with E-state index in [-0.39, 0.29) is 12.5 Å². The standard InChI is InChI=1S/C23H31N5O3/c1-18-15-21(25-23(24-18)28-9-4-3-5-10-28)26-11-13-27(14-12-26)22(29)17-31-20-8-6-7-19(16-20)30-2/h6-8,15-16H,3-5,9-14,17H2,1-2H3. The van der Waals surface area contributed by atoms with Crippen LogP contribution < -0.4 is 19.3 Å². The predicted molar refractivity (Wildman–Crippen MR) is 120 cm³/mol. The van der Waals surface area contributed by atoms with Gasteiger partial charge >= 0.3 is 0 Å². The first kappa shape index (κ1) is 21.2. The Labute approximate surface area is 183 Å². The first-order valence-corrected chi connectivity index (χ1v) is 11.0. The zero-order valence-electron chi connectivity index (χ0n) is 18.4. The molecule has 2 aromatic rings. The molecule has 0 spiro atoms. The molecule has 2 aliphatic heterocycles. The largest absolute Gasteiger partial charge is 0.497 e. The number of anilines is 2. The molecule has 31 heavy (non-hydrogen) atoms. The van der Waals surface area contributed by atoms with Crippen molar-refractivity contribution in [2.75, 3.05) is 62.8 Å². The van der Waals surface area contributed by atoms with Gasteiger partial charge in [0.25, 0.3) is 5.91 Å². The van der Waals surface area contributed by atoms with Crippen molar-refractivity contribution in [3.8, 4) is 11.5 Å². The average Bonchev–Trinajstić information content (AvgIpc) is 2.83. The monoisotopic (exact) mass is 425 g/mol.